The number of hydrogen-bond donors (Lipinski definition) is 0. The van der Waals surface area contributed by atoms with Crippen molar-refractivity contribution in [1.82, 2.24) is 4.90 Å². The lowest BCUT2D eigenvalue weighted by Gasteiger charge is -2.32. The topological polar surface area (TPSA) is 63.7 Å². The van der Waals surface area contributed by atoms with Crippen molar-refractivity contribution >= 4 is 15.7 Å². The highest BCUT2D eigenvalue weighted by Gasteiger charge is 2.42. The van der Waals surface area contributed by atoms with Crippen LogP contribution >= 0.6 is 0 Å². The number of carbonyl (C=O) groups excluding carboxylic acids is 1. The van der Waals surface area contributed by atoms with Crippen molar-refractivity contribution in [3.63, 3.8) is 0 Å². The van der Waals surface area contributed by atoms with Crippen LogP contribution in [0.1, 0.15) is 20.8 Å². The molecule has 6 heteroatoms. The second-order valence-electron chi connectivity index (χ2n) is 5.44. The molecule has 1 aliphatic rings. The standard InChI is InChI=1S/C14H19NO4S/c1-11-9-19-14(2,3)15(11)13(16)10-20(17,18)12-7-5-4-6-8-12/h4-8,11H,9-10H2,1-3H3. The maximum atomic E-state index is 12.3. The van der Waals surface area contributed by atoms with E-state index in [1.54, 1.807) is 32.0 Å². The fraction of sp³-hybridized carbons (Fsp3) is 0.500. The fourth-order valence-electron chi connectivity index (χ4n) is 2.49. The number of hydrogen-bond acceptors (Lipinski definition) is 4. The van der Waals surface area contributed by atoms with Gasteiger partial charge in [-0.1, -0.05) is 18.2 Å². The summed E-state index contributed by atoms with van der Waals surface area (Å²) in [6.45, 7) is 5.80. The predicted molar refractivity (Wildman–Crippen MR) is 74.8 cm³/mol. The van der Waals surface area contributed by atoms with E-state index < -0.39 is 27.2 Å². The van der Waals surface area contributed by atoms with E-state index in [4.69, 9.17) is 4.74 Å². The van der Waals surface area contributed by atoms with Gasteiger partial charge < -0.3 is 9.64 Å². The van der Waals surface area contributed by atoms with Crippen LogP contribution < -0.4 is 0 Å². The van der Waals surface area contributed by atoms with Gasteiger partial charge in [-0.2, -0.15) is 0 Å². The summed E-state index contributed by atoms with van der Waals surface area (Å²) in [5.74, 6) is -0.961. The zero-order valence-electron chi connectivity index (χ0n) is 11.9. The molecule has 1 heterocycles. The Labute approximate surface area is 119 Å². The third-order valence-corrected chi connectivity index (χ3v) is 5.00. The fourth-order valence-corrected chi connectivity index (χ4v) is 3.69. The molecular formula is C14H19NO4S. The molecular weight excluding hydrogens is 278 g/mol. The van der Waals surface area contributed by atoms with Crippen LogP contribution in [0.15, 0.2) is 35.2 Å². The van der Waals surface area contributed by atoms with Gasteiger partial charge in [-0.25, -0.2) is 8.42 Å². The molecule has 0 bridgehead atoms. The summed E-state index contributed by atoms with van der Waals surface area (Å²) in [5, 5.41) is 0. The molecule has 0 aliphatic carbocycles. The van der Waals surface area contributed by atoms with E-state index in [0.717, 1.165) is 0 Å². The molecule has 0 radical (unpaired) electrons. The largest absolute Gasteiger partial charge is 0.354 e. The average molecular weight is 297 g/mol. The molecule has 2 rings (SSSR count). The van der Waals surface area contributed by atoms with Gasteiger partial charge in [0.15, 0.2) is 9.84 Å². The summed E-state index contributed by atoms with van der Waals surface area (Å²) in [5.41, 5.74) is -0.761. The maximum Gasteiger partial charge on any atom is 0.240 e. The van der Waals surface area contributed by atoms with Crippen LogP contribution in [0, 0.1) is 0 Å². The number of amides is 1. The van der Waals surface area contributed by atoms with E-state index >= 15 is 0 Å². The highest BCUT2D eigenvalue weighted by atomic mass is 32.2. The van der Waals surface area contributed by atoms with Crippen LogP contribution in [0.2, 0.25) is 0 Å². The lowest BCUT2D eigenvalue weighted by atomic mass is 10.2. The molecule has 0 spiro atoms. The Morgan fingerprint density at radius 1 is 1.35 bits per heavy atom. The van der Waals surface area contributed by atoms with Gasteiger partial charge in [0.05, 0.1) is 17.5 Å². The molecule has 1 aromatic rings. The van der Waals surface area contributed by atoms with Crippen LogP contribution in [0.5, 0.6) is 0 Å². The molecule has 1 fully saturated rings. The maximum absolute atomic E-state index is 12.3. The van der Waals surface area contributed by atoms with E-state index in [1.165, 1.54) is 17.0 Å². The number of benzene rings is 1. The molecule has 1 unspecified atom stereocenters. The third-order valence-electron chi connectivity index (χ3n) is 3.38. The van der Waals surface area contributed by atoms with Gasteiger partial charge in [0.2, 0.25) is 5.91 Å². The molecule has 5 nitrogen and oxygen atoms in total. The Balaban J connectivity index is 2.20. The first-order valence-corrected chi connectivity index (χ1v) is 8.13. The SMILES string of the molecule is CC1COC(C)(C)N1C(=O)CS(=O)(=O)c1ccccc1. The van der Waals surface area contributed by atoms with Crippen molar-refractivity contribution in [2.75, 3.05) is 12.4 Å². The van der Waals surface area contributed by atoms with Crippen molar-refractivity contribution < 1.29 is 17.9 Å². The average Bonchev–Trinajstić information content (AvgIpc) is 2.64. The van der Waals surface area contributed by atoms with E-state index in [0.29, 0.717) is 6.61 Å². The Bertz CT molecular complexity index is 595. The van der Waals surface area contributed by atoms with Gasteiger partial charge in [-0.05, 0) is 32.9 Å². The number of sulfone groups is 1. The second kappa shape index (κ2) is 5.18. The Hall–Kier alpha value is -1.40. The molecule has 1 amide bonds. The van der Waals surface area contributed by atoms with Crippen LogP contribution in [-0.4, -0.2) is 43.4 Å². The molecule has 0 N–H and O–H groups in total. The molecule has 1 saturated heterocycles. The minimum atomic E-state index is -3.62. The Morgan fingerprint density at radius 2 is 1.95 bits per heavy atom. The Morgan fingerprint density at radius 3 is 2.45 bits per heavy atom. The van der Waals surface area contributed by atoms with Crippen molar-refractivity contribution in [2.45, 2.75) is 37.4 Å². The first kappa shape index (κ1) is 15.0. The van der Waals surface area contributed by atoms with Gasteiger partial charge in [-0.3, -0.25) is 4.79 Å². The first-order valence-electron chi connectivity index (χ1n) is 6.48. The van der Waals surface area contributed by atoms with Gasteiger partial charge >= 0.3 is 0 Å². The first-order chi connectivity index (χ1) is 9.24. The van der Waals surface area contributed by atoms with Gasteiger partial charge in [0.1, 0.15) is 11.5 Å². The minimum Gasteiger partial charge on any atom is -0.354 e. The molecule has 20 heavy (non-hydrogen) atoms. The predicted octanol–water partition coefficient (Wildman–Crippen LogP) is 1.44. The van der Waals surface area contributed by atoms with Gasteiger partial charge in [0, 0.05) is 0 Å². The summed E-state index contributed by atoms with van der Waals surface area (Å²) in [7, 11) is -3.62. The quantitative estimate of drug-likeness (QED) is 0.847. The van der Waals surface area contributed by atoms with E-state index in [9.17, 15) is 13.2 Å². The van der Waals surface area contributed by atoms with Crippen LogP contribution in [0.25, 0.3) is 0 Å². The smallest absolute Gasteiger partial charge is 0.240 e. The number of ether oxygens (including phenoxy) is 1. The normalized spacial score (nSPS) is 21.9. The highest BCUT2D eigenvalue weighted by molar-refractivity contribution is 7.92. The minimum absolute atomic E-state index is 0.122. The summed E-state index contributed by atoms with van der Waals surface area (Å²) in [4.78, 5) is 14.0. The third kappa shape index (κ3) is 2.86. The number of nitrogens with zero attached hydrogens (tertiary/aromatic N) is 1. The van der Waals surface area contributed by atoms with Gasteiger partial charge in [-0.15, -0.1) is 0 Å². The van der Waals surface area contributed by atoms with Crippen molar-refractivity contribution in [2.24, 2.45) is 0 Å². The summed E-state index contributed by atoms with van der Waals surface area (Å²) in [6.07, 6.45) is 0. The van der Waals surface area contributed by atoms with Crippen LogP contribution in [0.4, 0.5) is 0 Å². The second-order valence-corrected chi connectivity index (χ2v) is 7.43. The van der Waals surface area contributed by atoms with E-state index in [-0.39, 0.29) is 10.9 Å². The summed E-state index contributed by atoms with van der Waals surface area (Å²) < 4.78 is 30.0. The summed E-state index contributed by atoms with van der Waals surface area (Å²) in [6, 6.07) is 7.89. The molecule has 1 aliphatic heterocycles. The number of rotatable bonds is 3. The van der Waals surface area contributed by atoms with Crippen molar-refractivity contribution in [1.29, 1.82) is 0 Å². The Kier molecular flexibility index (Phi) is 3.88. The molecule has 1 atom stereocenters. The molecule has 1 aromatic carbocycles. The van der Waals surface area contributed by atoms with Crippen LogP contribution in [0.3, 0.4) is 0 Å². The monoisotopic (exact) mass is 297 g/mol. The molecule has 0 aromatic heterocycles. The highest BCUT2D eigenvalue weighted by Crippen LogP contribution is 2.27. The van der Waals surface area contributed by atoms with E-state index in [2.05, 4.69) is 0 Å². The number of carbonyl (C=O) groups is 1. The van der Waals surface area contributed by atoms with E-state index in [1.807, 2.05) is 6.92 Å². The lowest BCUT2D eigenvalue weighted by molar-refractivity contribution is -0.142. The van der Waals surface area contributed by atoms with Gasteiger partial charge in [0.25, 0.3) is 0 Å². The zero-order valence-corrected chi connectivity index (χ0v) is 12.7. The molecule has 0 saturated carbocycles. The van der Waals surface area contributed by atoms with Crippen LogP contribution in [-0.2, 0) is 19.4 Å². The zero-order chi connectivity index (χ0) is 15.0. The molecule has 110 valence electrons. The van der Waals surface area contributed by atoms with Crippen molar-refractivity contribution in [3.05, 3.63) is 30.3 Å². The summed E-state index contributed by atoms with van der Waals surface area (Å²) >= 11 is 0. The van der Waals surface area contributed by atoms with Crippen molar-refractivity contribution in [3.8, 4) is 0 Å². The lowest BCUT2D eigenvalue weighted by Crippen LogP contribution is -2.49.